The minimum absolute atomic E-state index is 0.00122. The molecule has 30 heavy (non-hydrogen) atoms. The van der Waals surface area contributed by atoms with Gasteiger partial charge >= 0.3 is 0 Å². The molecule has 2 amide bonds. The van der Waals surface area contributed by atoms with Gasteiger partial charge in [0.05, 0.1) is 11.8 Å². The van der Waals surface area contributed by atoms with E-state index in [1.807, 2.05) is 30.3 Å². The zero-order chi connectivity index (χ0) is 21.1. The van der Waals surface area contributed by atoms with Crippen LogP contribution in [0.25, 0.3) is 0 Å². The van der Waals surface area contributed by atoms with Gasteiger partial charge in [-0.3, -0.25) is 9.59 Å². The van der Waals surface area contributed by atoms with Crippen molar-refractivity contribution in [3.05, 3.63) is 65.5 Å². The van der Waals surface area contributed by atoms with E-state index >= 15 is 0 Å². The third-order valence-corrected chi connectivity index (χ3v) is 6.59. The fourth-order valence-electron chi connectivity index (χ4n) is 4.59. The third-order valence-electron chi connectivity index (χ3n) is 6.59. The predicted molar refractivity (Wildman–Crippen MR) is 108 cm³/mol. The number of aryl methyl sites for hydroxylation is 1. The average molecular weight is 413 g/mol. The van der Waals surface area contributed by atoms with Crippen LogP contribution in [-0.2, 0) is 11.2 Å². The predicted octanol–water partition coefficient (Wildman–Crippen LogP) is 3.49. The lowest BCUT2D eigenvalue weighted by atomic mass is 9.59. The summed E-state index contributed by atoms with van der Waals surface area (Å²) in [4.78, 5) is 29.8. The van der Waals surface area contributed by atoms with Gasteiger partial charge in [-0.15, -0.1) is 0 Å². The van der Waals surface area contributed by atoms with Gasteiger partial charge in [0.15, 0.2) is 5.82 Å². The number of amides is 2. The van der Waals surface area contributed by atoms with Crippen molar-refractivity contribution in [1.29, 1.82) is 0 Å². The number of hydrogen-bond donors (Lipinski definition) is 1. The van der Waals surface area contributed by atoms with E-state index in [4.69, 9.17) is 0 Å². The van der Waals surface area contributed by atoms with Crippen LogP contribution in [0.3, 0.4) is 0 Å². The van der Waals surface area contributed by atoms with Gasteiger partial charge in [-0.25, -0.2) is 9.37 Å². The lowest BCUT2D eigenvalue weighted by Gasteiger charge is -2.54. The molecule has 4 rings (SSSR count). The van der Waals surface area contributed by atoms with Gasteiger partial charge in [0.1, 0.15) is 0 Å². The molecule has 2 fully saturated rings. The first-order valence-electron chi connectivity index (χ1n) is 10.4. The largest absolute Gasteiger partial charge is 0.353 e. The van der Waals surface area contributed by atoms with Crippen LogP contribution in [0, 0.1) is 17.2 Å². The second-order valence-corrected chi connectivity index (χ2v) is 8.29. The Hall–Kier alpha value is -2.83. The van der Waals surface area contributed by atoms with E-state index < -0.39 is 17.7 Å². The monoisotopic (exact) mass is 413 g/mol. The van der Waals surface area contributed by atoms with Crippen LogP contribution >= 0.6 is 0 Å². The quantitative estimate of drug-likeness (QED) is 0.764. The standard InChI is InChI=1S/C23H25F2N3O2/c24-18-15-26-20(25)14-17(18)22(30)28-12-10-23(11-13-28)9-8-19(23)27-21(29)7-6-16-4-2-1-3-5-16/h1-5,14-15,19H,6-13H2,(H,27,29). The second kappa shape index (κ2) is 8.50. The van der Waals surface area contributed by atoms with E-state index in [1.165, 1.54) is 0 Å². The minimum atomic E-state index is -0.870. The number of carbonyl (C=O) groups excluding carboxylic acids is 2. The number of carbonyl (C=O) groups is 2. The minimum Gasteiger partial charge on any atom is -0.353 e. The van der Waals surface area contributed by atoms with E-state index in [0.29, 0.717) is 25.9 Å². The number of nitrogens with zero attached hydrogens (tertiary/aromatic N) is 2. The average Bonchev–Trinajstić information content (AvgIpc) is 2.77. The number of nitrogens with one attached hydrogen (secondary N) is 1. The number of hydrogen-bond acceptors (Lipinski definition) is 3. The van der Waals surface area contributed by atoms with Crippen LogP contribution in [0.5, 0.6) is 0 Å². The summed E-state index contributed by atoms with van der Waals surface area (Å²) in [7, 11) is 0. The summed E-state index contributed by atoms with van der Waals surface area (Å²) in [6, 6.07) is 10.9. The van der Waals surface area contributed by atoms with Crippen molar-refractivity contribution >= 4 is 11.8 Å². The molecule has 2 heterocycles. The number of piperidine rings is 1. The number of halogens is 2. The summed E-state index contributed by atoms with van der Waals surface area (Å²) in [6.45, 7) is 0.942. The van der Waals surface area contributed by atoms with Crippen molar-refractivity contribution in [3.8, 4) is 0 Å². The molecule has 1 spiro atoms. The molecule has 2 aliphatic rings. The van der Waals surface area contributed by atoms with Crippen molar-refractivity contribution in [2.75, 3.05) is 13.1 Å². The van der Waals surface area contributed by atoms with Crippen molar-refractivity contribution in [3.63, 3.8) is 0 Å². The molecule has 0 bridgehead atoms. The first kappa shape index (κ1) is 20.4. The molecule has 1 unspecified atom stereocenters. The fourth-order valence-corrected chi connectivity index (χ4v) is 4.59. The molecule has 1 N–H and O–H groups in total. The smallest absolute Gasteiger partial charge is 0.257 e. The van der Waals surface area contributed by atoms with Crippen LogP contribution in [0.4, 0.5) is 8.78 Å². The topological polar surface area (TPSA) is 62.3 Å². The van der Waals surface area contributed by atoms with E-state index in [1.54, 1.807) is 4.90 Å². The molecular formula is C23H25F2N3O2. The number of aromatic nitrogens is 1. The van der Waals surface area contributed by atoms with Crippen LogP contribution in [-0.4, -0.2) is 40.8 Å². The molecule has 1 aromatic carbocycles. The highest BCUT2D eigenvalue weighted by Gasteiger charge is 2.49. The maximum atomic E-state index is 13.9. The molecule has 1 aliphatic carbocycles. The Morgan fingerprint density at radius 1 is 1.13 bits per heavy atom. The SMILES string of the molecule is O=C(CCc1ccccc1)NC1CCC12CCN(C(=O)c1cc(F)ncc1F)CC2. The van der Waals surface area contributed by atoms with Crippen molar-refractivity contribution in [2.24, 2.45) is 5.41 Å². The van der Waals surface area contributed by atoms with Gasteiger partial charge in [0.25, 0.3) is 5.91 Å². The summed E-state index contributed by atoms with van der Waals surface area (Å²) in [6.07, 6.45) is 5.35. The maximum absolute atomic E-state index is 13.9. The Morgan fingerprint density at radius 2 is 1.87 bits per heavy atom. The maximum Gasteiger partial charge on any atom is 0.257 e. The third kappa shape index (κ3) is 4.20. The van der Waals surface area contributed by atoms with Crippen LogP contribution in [0.1, 0.15) is 48.0 Å². The number of pyridine rings is 1. The molecule has 158 valence electrons. The van der Waals surface area contributed by atoms with Crippen molar-refractivity contribution < 1.29 is 18.4 Å². The summed E-state index contributed by atoms with van der Waals surface area (Å²) in [5.74, 6) is -2.14. The highest BCUT2D eigenvalue weighted by atomic mass is 19.1. The second-order valence-electron chi connectivity index (χ2n) is 8.29. The molecule has 1 atom stereocenters. The fraction of sp³-hybridized carbons (Fsp3) is 0.435. The van der Waals surface area contributed by atoms with Gasteiger partial charge < -0.3 is 10.2 Å². The van der Waals surface area contributed by atoms with Crippen LogP contribution in [0.15, 0.2) is 42.6 Å². The van der Waals surface area contributed by atoms with Gasteiger partial charge in [0.2, 0.25) is 11.9 Å². The molecule has 5 nitrogen and oxygen atoms in total. The van der Waals surface area contributed by atoms with E-state index in [-0.39, 0.29) is 22.9 Å². The van der Waals surface area contributed by atoms with Gasteiger partial charge in [-0.1, -0.05) is 30.3 Å². The molecule has 1 saturated heterocycles. The molecule has 2 aromatic rings. The Morgan fingerprint density at radius 3 is 2.53 bits per heavy atom. The van der Waals surface area contributed by atoms with Crippen LogP contribution in [0.2, 0.25) is 0 Å². The number of rotatable bonds is 5. The molecular weight excluding hydrogens is 388 g/mol. The number of benzene rings is 1. The highest BCUT2D eigenvalue weighted by Crippen LogP contribution is 2.49. The molecule has 1 aromatic heterocycles. The number of likely N-dealkylation sites (tertiary alicyclic amines) is 1. The zero-order valence-electron chi connectivity index (χ0n) is 16.7. The van der Waals surface area contributed by atoms with E-state index in [9.17, 15) is 18.4 Å². The van der Waals surface area contributed by atoms with E-state index in [0.717, 1.165) is 43.5 Å². The molecule has 7 heteroatoms. The lowest BCUT2D eigenvalue weighted by Crippen LogP contribution is -2.59. The molecule has 1 saturated carbocycles. The van der Waals surface area contributed by atoms with Gasteiger partial charge in [-0.05, 0) is 43.1 Å². The van der Waals surface area contributed by atoms with Crippen molar-refractivity contribution in [1.82, 2.24) is 15.2 Å². The molecule has 1 aliphatic heterocycles. The van der Waals surface area contributed by atoms with Crippen LogP contribution < -0.4 is 5.32 Å². The van der Waals surface area contributed by atoms with Gasteiger partial charge in [-0.2, -0.15) is 4.39 Å². The van der Waals surface area contributed by atoms with Crippen molar-refractivity contribution in [2.45, 2.75) is 44.6 Å². The Labute approximate surface area is 174 Å². The lowest BCUT2D eigenvalue weighted by molar-refractivity contribution is -0.125. The first-order valence-corrected chi connectivity index (χ1v) is 10.4. The molecule has 0 radical (unpaired) electrons. The Bertz CT molecular complexity index is 927. The highest BCUT2D eigenvalue weighted by molar-refractivity contribution is 5.94. The summed E-state index contributed by atoms with van der Waals surface area (Å²) < 4.78 is 27.2. The van der Waals surface area contributed by atoms with Gasteiger partial charge in [0, 0.05) is 31.6 Å². The zero-order valence-corrected chi connectivity index (χ0v) is 16.7. The summed E-state index contributed by atoms with van der Waals surface area (Å²) >= 11 is 0. The Balaban J connectivity index is 1.30. The Kier molecular flexibility index (Phi) is 5.79. The first-order chi connectivity index (χ1) is 14.5. The summed E-state index contributed by atoms with van der Waals surface area (Å²) in [5, 5.41) is 3.18. The normalized spacial score (nSPS) is 19.9. The summed E-state index contributed by atoms with van der Waals surface area (Å²) in [5.41, 5.74) is 0.863. The van der Waals surface area contributed by atoms with E-state index in [2.05, 4.69) is 10.3 Å².